The van der Waals surface area contributed by atoms with Crippen LogP contribution in [0.2, 0.25) is 0 Å². The van der Waals surface area contributed by atoms with Crippen LogP contribution in [0, 0.1) is 0 Å². The fourth-order valence-corrected chi connectivity index (χ4v) is 0.930. The third-order valence-electron chi connectivity index (χ3n) is 0.242. The largest absolute Gasteiger partial charge is 0.349 e. The van der Waals surface area contributed by atoms with Gasteiger partial charge >= 0.3 is 7.68 Å². The van der Waals surface area contributed by atoms with Crippen molar-refractivity contribution in [3.05, 3.63) is 0 Å². The minimum Gasteiger partial charge on any atom is -0.349 e. The average molecular weight is 142 g/mol. The molecule has 0 aliphatic carbocycles. The summed E-state index contributed by atoms with van der Waals surface area (Å²) in [7, 11) is -4.85. The van der Waals surface area contributed by atoms with Gasteiger partial charge < -0.3 is 9.79 Å². The van der Waals surface area contributed by atoms with Gasteiger partial charge in [-0.2, -0.15) is 0 Å². The second-order valence-electron chi connectivity index (χ2n) is 0.846. The van der Waals surface area contributed by atoms with E-state index in [1.165, 1.54) is 0 Å². The molecule has 0 aliphatic rings. The van der Waals surface area contributed by atoms with E-state index in [-0.39, 0.29) is 0 Å². The van der Waals surface area contributed by atoms with Crippen molar-refractivity contribution >= 4 is 16.1 Å². The molecule has 0 radical (unpaired) electrons. The van der Waals surface area contributed by atoms with Crippen molar-refractivity contribution in [1.29, 1.82) is 0 Å². The van der Waals surface area contributed by atoms with Gasteiger partial charge in [0.15, 0.2) is 8.38 Å². The van der Waals surface area contributed by atoms with Gasteiger partial charge in [0, 0.05) is 0 Å². The second kappa shape index (κ2) is 3.28. The zero-order chi connectivity index (χ0) is 5.86. The maximum atomic E-state index is 9.54. The van der Waals surface area contributed by atoms with E-state index < -0.39 is 22.0 Å². The van der Waals surface area contributed by atoms with E-state index in [2.05, 4.69) is 0 Å². The first-order valence-electron chi connectivity index (χ1n) is 1.40. The molecule has 4 nitrogen and oxygen atoms in total. The number of rotatable bonds is 2. The summed E-state index contributed by atoms with van der Waals surface area (Å²) in [6.07, 6.45) is 0. The highest BCUT2D eigenvalue weighted by atomic mass is 31.2. The molecule has 6 heteroatoms. The van der Waals surface area contributed by atoms with Crippen LogP contribution in [0.15, 0.2) is 0 Å². The van der Waals surface area contributed by atoms with Crippen LogP contribution < -0.4 is 0 Å². The van der Waals surface area contributed by atoms with E-state index in [0.29, 0.717) is 0 Å². The normalized spacial score (nSPS) is 9.57. The molecule has 0 amide bonds. The fourth-order valence-electron chi connectivity index (χ4n) is 0.103. The van der Waals surface area contributed by atoms with Crippen molar-refractivity contribution in [1.82, 2.24) is 0 Å². The first-order valence-corrected chi connectivity index (χ1v) is 4.19. The Labute approximate surface area is 41.9 Å². The van der Waals surface area contributed by atoms with Gasteiger partial charge in [0.2, 0.25) is 0 Å². The third kappa shape index (κ3) is 6.25. The molecule has 42 valence electrons. The van der Waals surface area contributed by atoms with Crippen LogP contribution in [0.25, 0.3) is 0 Å². The molecule has 0 aliphatic heterocycles. The lowest BCUT2D eigenvalue weighted by Crippen LogP contribution is -1.66. The van der Waals surface area contributed by atoms with Crippen LogP contribution in [-0.4, -0.2) is 15.7 Å². The third-order valence-corrected chi connectivity index (χ3v) is 2.18. The van der Waals surface area contributed by atoms with E-state index in [4.69, 9.17) is 9.79 Å². The predicted molar refractivity (Wildman–Crippen MR) is 24.5 cm³/mol. The molecule has 0 saturated carbocycles. The fraction of sp³-hybridized carbons (Fsp3) is 1.00. The molecule has 0 aromatic rings. The van der Waals surface area contributed by atoms with Gasteiger partial charge in [-0.05, 0) is 0 Å². The van der Waals surface area contributed by atoms with E-state index in [1.807, 2.05) is 0 Å². The monoisotopic (exact) mass is 142 g/mol. The van der Waals surface area contributed by atoms with Crippen LogP contribution in [0.4, 0.5) is 0 Å². The molecular weight excluding hydrogens is 138 g/mol. The van der Waals surface area contributed by atoms with Crippen LogP contribution in [-0.2, 0) is 9.13 Å². The Hall–Kier alpha value is 0.250. The predicted octanol–water partition coefficient (Wildman–Crippen LogP) is 0.413. The highest BCUT2D eigenvalue weighted by Crippen LogP contribution is 2.30. The summed E-state index contributed by atoms with van der Waals surface area (Å²) in [5, 5.41) is 0. The molecule has 2 N–H and O–H groups in total. The molecule has 0 bridgehead atoms. The van der Waals surface area contributed by atoms with E-state index in [9.17, 15) is 9.13 Å². The van der Waals surface area contributed by atoms with Crippen LogP contribution >= 0.6 is 16.1 Å². The van der Waals surface area contributed by atoms with Gasteiger partial charge in [0.05, 0.1) is 0 Å². The van der Waals surface area contributed by atoms with E-state index in [1.54, 1.807) is 0 Å². The van der Waals surface area contributed by atoms with Crippen molar-refractivity contribution in [2.24, 2.45) is 0 Å². The average Bonchev–Trinajstić information content (AvgIpc) is 1.27. The SMILES string of the molecule is O=P(=O)CP(O)O. The summed E-state index contributed by atoms with van der Waals surface area (Å²) in [4.78, 5) is 15.9. The van der Waals surface area contributed by atoms with Gasteiger partial charge in [-0.3, -0.25) is 0 Å². The smallest absolute Gasteiger partial charge is 0.324 e. The van der Waals surface area contributed by atoms with Crippen molar-refractivity contribution in [2.75, 3.05) is 5.90 Å². The molecule has 0 spiro atoms. The van der Waals surface area contributed by atoms with Gasteiger partial charge in [-0.25, -0.2) is 9.13 Å². The highest BCUT2D eigenvalue weighted by molar-refractivity contribution is 7.57. The highest BCUT2D eigenvalue weighted by Gasteiger charge is 1.99. The van der Waals surface area contributed by atoms with Crippen molar-refractivity contribution in [3.8, 4) is 0 Å². The Morgan fingerprint density at radius 2 is 1.71 bits per heavy atom. The molecule has 0 atom stereocenters. The standard InChI is InChI=1S/CH4O4P2/c2-6(3)1-7(4)5/h2-3H,1H2. The maximum Gasteiger partial charge on any atom is 0.324 e. The minimum atomic E-state index is -2.61. The summed E-state index contributed by atoms with van der Waals surface area (Å²) in [6, 6.07) is 0. The number of hydrogen-bond acceptors (Lipinski definition) is 4. The molecule has 0 aromatic carbocycles. The summed E-state index contributed by atoms with van der Waals surface area (Å²) in [5.41, 5.74) is 0. The topological polar surface area (TPSA) is 74.6 Å². The van der Waals surface area contributed by atoms with Gasteiger partial charge in [-0.1, -0.05) is 0 Å². The Balaban J connectivity index is 3.32. The minimum absolute atomic E-state index is 0.509. The molecular formula is CH4O4P2. The molecule has 0 fully saturated rings. The lowest BCUT2D eigenvalue weighted by molar-refractivity contribution is 0.483. The molecule has 0 heterocycles. The Kier molecular flexibility index (Phi) is 3.39. The van der Waals surface area contributed by atoms with Crippen LogP contribution in [0.3, 0.4) is 0 Å². The molecule has 0 rings (SSSR count). The summed E-state index contributed by atoms with van der Waals surface area (Å²) in [5.74, 6) is -0.509. The first kappa shape index (κ1) is 7.25. The van der Waals surface area contributed by atoms with Crippen molar-refractivity contribution in [2.45, 2.75) is 0 Å². The van der Waals surface area contributed by atoms with E-state index in [0.717, 1.165) is 0 Å². The quantitative estimate of drug-likeness (QED) is 0.547. The van der Waals surface area contributed by atoms with Crippen LogP contribution in [0.5, 0.6) is 0 Å². The van der Waals surface area contributed by atoms with Gasteiger partial charge in [0.25, 0.3) is 0 Å². The zero-order valence-electron chi connectivity index (χ0n) is 3.31. The van der Waals surface area contributed by atoms with Gasteiger partial charge in [0.1, 0.15) is 5.90 Å². The Bertz CT molecular complexity index is 96.3. The maximum absolute atomic E-state index is 9.54. The Morgan fingerprint density at radius 1 is 1.29 bits per heavy atom. The summed E-state index contributed by atoms with van der Waals surface area (Å²) in [6.45, 7) is 0. The molecule has 0 saturated heterocycles. The second-order valence-corrected chi connectivity index (χ2v) is 3.39. The van der Waals surface area contributed by atoms with Crippen LogP contribution in [0.1, 0.15) is 0 Å². The summed E-state index contributed by atoms with van der Waals surface area (Å²) >= 11 is 0. The van der Waals surface area contributed by atoms with Gasteiger partial charge in [-0.15, -0.1) is 0 Å². The first-order chi connectivity index (χ1) is 3.13. The Morgan fingerprint density at radius 3 is 1.71 bits per heavy atom. The lowest BCUT2D eigenvalue weighted by atomic mass is 11.9. The molecule has 0 unspecified atom stereocenters. The van der Waals surface area contributed by atoms with Crippen molar-refractivity contribution < 1.29 is 18.9 Å². The number of hydrogen-bond donors (Lipinski definition) is 2. The zero-order valence-corrected chi connectivity index (χ0v) is 5.10. The summed E-state index contributed by atoms with van der Waals surface area (Å²) < 4.78 is 19.1. The lowest BCUT2D eigenvalue weighted by Gasteiger charge is -1.87. The molecule has 0 aromatic heterocycles. The molecule has 7 heavy (non-hydrogen) atoms. The van der Waals surface area contributed by atoms with E-state index >= 15 is 0 Å². The van der Waals surface area contributed by atoms with Crippen molar-refractivity contribution in [3.63, 3.8) is 0 Å².